The van der Waals surface area contributed by atoms with E-state index >= 15 is 0 Å². The van der Waals surface area contributed by atoms with Crippen molar-refractivity contribution in [2.75, 3.05) is 0 Å². The topological polar surface area (TPSA) is 127 Å². The van der Waals surface area contributed by atoms with Gasteiger partial charge in [0.05, 0.1) is 24.4 Å². The van der Waals surface area contributed by atoms with Gasteiger partial charge in [0.2, 0.25) is 0 Å². The van der Waals surface area contributed by atoms with Crippen molar-refractivity contribution in [2.24, 2.45) is 34.5 Å². The summed E-state index contributed by atoms with van der Waals surface area (Å²) in [5, 5.41) is 50.9. The summed E-state index contributed by atoms with van der Waals surface area (Å²) >= 11 is 0. The Hall–Kier alpha value is -2.45. The zero-order valence-corrected chi connectivity index (χ0v) is 27.6. The van der Waals surface area contributed by atoms with Crippen molar-refractivity contribution < 1.29 is 35.1 Å². The fourth-order valence-corrected chi connectivity index (χ4v) is 11.4. The van der Waals surface area contributed by atoms with Crippen LogP contribution >= 0.6 is 0 Å². The Kier molecular flexibility index (Phi) is 8.31. The van der Waals surface area contributed by atoms with Gasteiger partial charge in [-0.1, -0.05) is 32.9 Å². The van der Waals surface area contributed by atoms with Gasteiger partial charge in [-0.05, 0) is 157 Å². The fourth-order valence-electron chi connectivity index (χ4n) is 11.4. The average molecular weight is 633 g/mol. The molecule has 250 valence electrons. The molecule has 6 aliphatic carbocycles. The Morgan fingerprint density at radius 3 is 1.78 bits per heavy atom. The van der Waals surface area contributed by atoms with Gasteiger partial charge >= 0.3 is 5.97 Å². The monoisotopic (exact) mass is 632 g/mol. The number of aryl methyl sites for hydroxylation is 2. The fraction of sp³-hybridized carbons (Fsp3) is 0.667. The summed E-state index contributed by atoms with van der Waals surface area (Å²) in [5.41, 5.74) is 5.10. The molecule has 8 rings (SSSR count). The number of carbonyl (C=O) groups excluding carboxylic acids is 1. The molecule has 0 aliphatic heterocycles. The molecule has 7 nitrogen and oxygen atoms in total. The Morgan fingerprint density at radius 1 is 0.761 bits per heavy atom. The van der Waals surface area contributed by atoms with Crippen LogP contribution in [0.15, 0.2) is 36.4 Å². The van der Waals surface area contributed by atoms with Crippen LogP contribution in [0.2, 0.25) is 0 Å². The molecule has 0 saturated heterocycles. The summed E-state index contributed by atoms with van der Waals surface area (Å²) in [6.07, 6.45) is 7.83. The van der Waals surface area contributed by atoms with Gasteiger partial charge in [-0.25, -0.2) is 0 Å². The Balaban J connectivity index is 0.000000149. The van der Waals surface area contributed by atoms with Gasteiger partial charge in [0.25, 0.3) is 0 Å². The van der Waals surface area contributed by atoms with Gasteiger partial charge in [-0.3, -0.25) is 4.79 Å². The number of fused-ring (bicyclic) bond motifs is 10. The third kappa shape index (κ3) is 5.12. The Bertz CT molecular complexity index is 1470. The van der Waals surface area contributed by atoms with Gasteiger partial charge < -0.3 is 30.3 Å². The molecule has 12 atom stereocenters. The van der Waals surface area contributed by atoms with Crippen molar-refractivity contribution in [3.8, 4) is 11.5 Å². The number of esters is 1. The standard InChI is InChI=1S/C21H28O4.C18H24O3/c1-3-19(23)25-13-5-7-14-12(10-13)4-6-16-15(14)8-9-21(2)17(16)11-18(22)20(21)24;1-18-7-6-13-12-5-3-11(19)8-10(12)2-4-14(13)15(18)9-16(20)17(18)21/h5,7,10,15-18,20,22,24H,3-4,6,8-9,11H2,1-2H3;3,5,8,13-17,19-21H,2,4,6-7,9H2,1H3/t15?,16?,17?,18-,20+,21+;13?,14?,15?,16-,17+,18+/m11/s1. The Morgan fingerprint density at radius 2 is 1.26 bits per heavy atom. The lowest BCUT2D eigenvalue weighted by atomic mass is 9.55. The minimum absolute atomic E-state index is 0.116. The highest BCUT2D eigenvalue weighted by molar-refractivity contribution is 5.72. The van der Waals surface area contributed by atoms with Crippen LogP contribution < -0.4 is 4.74 Å². The lowest BCUT2D eigenvalue weighted by Crippen LogP contribution is -2.44. The molecular formula is C39H52O7. The van der Waals surface area contributed by atoms with Crippen molar-refractivity contribution in [1.29, 1.82) is 0 Å². The zero-order chi connectivity index (χ0) is 32.5. The maximum Gasteiger partial charge on any atom is 0.310 e. The third-order valence-corrected chi connectivity index (χ3v) is 13.9. The van der Waals surface area contributed by atoms with E-state index in [1.54, 1.807) is 13.0 Å². The van der Waals surface area contributed by atoms with E-state index in [0.717, 1.165) is 64.2 Å². The minimum atomic E-state index is -0.587. The van der Waals surface area contributed by atoms with E-state index < -0.39 is 24.4 Å². The summed E-state index contributed by atoms with van der Waals surface area (Å²) < 4.78 is 5.37. The molecule has 0 spiro atoms. The molecule has 7 heteroatoms. The molecular weight excluding hydrogens is 580 g/mol. The zero-order valence-electron chi connectivity index (χ0n) is 27.6. The quantitative estimate of drug-likeness (QED) is 0.210. The maximum atomic E-state index is 11.5. The molecule has 46 heavy (non-hydrogen) atoms. The van der Waals surface area contributed by atoms with Crippen LogP contribution in [0.1, 0.15) is 113 Å². The number of aliphatic hydroxyl groups is 4. The van der Waals surface area contributed by atoms with Crippen LogP contribution in [0.5, 0.6) is 11.5 Å². The first-order chi connectivity index (χ1) is 21.9. The summed E-state index contributed by atoms with van der Waals surface area (Å²) in [6.45, 7) is 6.13. The average Bonchev–Trinajstić information content (AvgIpc) is 3.43. The molecule has 4 saturated carbocycles. The lowest BCUT2D eigenvalue weighted by molar-refractivity contribution is -0.134. The van der Waals surface area contributed by atoms with Gasteiger partial charge in [-0.15, -0.1) is 0 Å². The summed E-state index contributed by atoms with van der Waals surface area (Å²) in [7, 11) is 0. The second-order valence-electron chi connectivity index (χ2n) is 16.0. The van der Waals surface area contributed by atoms with Crippen LogP contribution in [0.25, 0.3) is 0 Å². The molecule has 4 fully saturated rings. The van der Waals surface area contributed by atoms with E-state index in [4.69, 9.17) is 4.74 Å². The summed E-state index contributed by atoms with van der Waals surface area (Å²) in [4.78, 5) is 11.5. The number of aliphatic hydroxyl groups excluding tert-OH is 4. The molecule has 6 unspecified atom stereocenters. The van der Waals surface area contributed by atoms with E-state index in [-0.39, 0.29) is 16.8 Å². The molecule has 5 N–H and O–H groups in total. The smallest absolute Gasteiger partial charge is 0.310 e. The Labute approximate surface area is 273 Å². The van der Waals surface area contributed by atoms with Gasteiger partial charge in [0.15, 0.2) is 0 Å². The largest absolute Gasteiger partial charge is 0.508 e. The van der Waals surface area contributed by atoms with E-state index in [2.05, 4.69) is 26.0 Å². The SMILES string of the molecule is CCC(=O)Oc1ccc2c(c1)CCC1C2CC[C@@]2(C)C1C[C@@H](O)[C@@H]2O.C[C@]12CCC3c4ccc(O)cc4CCC3C1C[C@@H](O)[C@@H]2O. The highest BCUT2D eigenvalue weighted by Crippen LogP contribution is 2.62. The lowest BCUT2D eigenvalue weighted by Gasteiger charge is -2.49. The molecule has 0 heterocycles. The van der Waals surface area contributed by atoms with E-state index in [1.165, 1.54) is 22.3 Å². The number of benzene rings is 2. The van der Waals surface area contributed by atoms with Crippen molar-refractivity contribution in [2.45, 2.75) is 128 Å². The van der Waals surface area contributed by atoms with E-state index in [9.17, 15) is 30.3 Å². The number of aromatic hydroxyl groups is 1. The molecule has 2 aromatic rings. The van der Waals surface area contributed by atoms with E-state index in [0.29, 0.717) is 53.4 Å². The highest BCUT2D eigenvalue weighted by Gasteiger charge is 2.59. The first-order valence-electron chi connectivity index (χ1n) is 17.8. The van der Waals surface area contributed by atoms with Crippen LogP contribution in [0.4, 0.5) is 0 Å². The first kappa shape index (κ1) is 32.1. The van der Waals surface area contributed by atoms with Gasteiger partial charge in [-0.2, -0.15) is 0 Å². The van der Waals surface area contributed by atoms with Crippen molar-refractivity contribution in [3.05, 3.63) is 58.7 Å². The van der Waals surface area contributed by atoms with Crippen molar-refractivity contribution >= 4 is 5.97 Å². The molecule has 6 aliphatic rings. The number of ether oxygens (including phenoxy) is 1. The molecule has 2 aromatic carbocycles. The summed E-state index contributed by atoms with van der Waals surface area (Å²) in [6, 6.07) is 11.9. The van der Waals surface area contributed by atoms with Crippen LogP contribution in [0, 0.1) is 34.5 Å². The van der Waals surface area contributed by atoms with Gasteiger partial charge in [0.1, 0.15) is 11.5 Å². The first-order valence-corrected chi connectivity index (χ1v) is 17.8. The van der Waals surface area contributed by atoms with Crippen LogP contribution in [0.3, 0.4) is 0 Å². The molecule has 0 bridgehead atoms. The van der Waals surface area contributed by atoms with E-state index in [1.807, 2.05) is 18.2 Å². The second kappa shape index (κ2) is 11.9. The molecule has 0 aromatic heterocycles. The minimum Gasteiger partial charge on any atom is -0.508 e. The number of carbonyl (C=O) groups is 1. The normalized spacial score (nSPS) is 41.8. The number of phenolic OH excluding ortho intramolecular Hbond substituents is 1. The van der Waals surface area contributed by atoms with Crippen molar-refractivity contribution in [3.63, 3.8) is 0 Å². The van der Waals surface area contributed by atoms with Crippen molar-refractivity contribution in [1.82, 2.24) is 0 Å². The molecule has 0 radical (unpaired) electrons. The number of hydrogen-bond donors (Lipinski definition) is 5. The van der Waals surface area contributed by atoms with Gasteiger partial charge in [0, 0.05) is 6.42 Å². The maximum absolute atomic E-state index is 11.5. The third-order valence-electron chi connectivity index (χ3n) is 13.9. The number of hydrogen-bond acceptors (Lipinski definition) is 7. The highest BCUT2D eigenvalue weighted by atomic mass is 16.5. The predicted molar refractivity (Wildman–Crippen MR) is 175 cm³/mol. The summed E-state index contributed by atoms with van der Waals surface area (Å²) in [5.74, 6) is 3.74. The number of phenols is 1. The van der Waals surface area contributed by atoms with Crippen LogP contribution in [-0.2, 0) is 17.6 Å². The second-order valence-corrected chi connectivity index (χ2v) is 16.0. The van der Waals surface area contributed by atoms with Crippen LogP contribution in [-0.4, -0.2) is 55.9 Å². The predicted octanol–water partition coefficient (Wildman–Crippen LogP) is 5.77. The number of rotatable bonds is 2. The molecule has 0 amide bonds.